The van der Waals surface area contributed by atoms with Crippen molar-refractivity contribution in [3.05, 3.63) is 53.8 Å². The number of fused-ring (bicyclic) bond motifs is 1. The number of carbonyl (C=O) groups is 1. The van der Waals surface area contributed by atoms with Gasteiger partial charge in [-0.2, -0.15) is 0 Å². The molecule has 0 aliphatic carbocycles. The van der Waals surface area contributed by atoms with E-state index < -0.39 is 5.91 Å². The first kappa shape index (κ1) is 12.6. The van der Waals surface area contributed by atoms with Crippen molar-refractivity contribution in [2.45, 2.75) is 0 Å². The summed E-state index contributed by atoms with van der Waals surface area (Å²) >= 11 is 1.34. The molecule has 3 rings (SSSR count). The van der Waals surface area contributed by atoms with Crippen LogP contribution in [0.4, 0.5) is 15.2 Å². The van der Waals surface area contributed by atoms with E-state index in [2.05, 4.69) is 10.3 Å². The van der Waals surface area contributed by atoms with E-state index >= 15 is 0 Å². The summed E-state index contributed by atoms with van der Waals surface area (Å²) in [6.45, 7) is 0. The van der Waals surface area contributed by atoms with Gasteiger partial charge in [-0.15, -0.1) is 0 Å². The molecule has 0 fully saturated rings. The number of amides is 1. The first-order valence-corrected chi connectivity index (χ1v) is 6.66. The maximum absolute atomic E-state index is 13.1. The molecule has 2 aromatic carbocycles. The second-order valence-electron chi connectivity index (χ2n) is 4.20. The molecule has 0 aliphatic heterocycles. The van der Waals surface area contributed by atoms with Gasteiger partial charge in [0, 0.05) is 11.3 Å². The van der Waals surface area contributed by atoms with Crippen LogP contribution in [0.15, 0.2) is 42.5 Å². The molecule has 20 heavy (non-hydrogen) atoms. The maximum atomic E-state index is 13.1. The van der Waals surface area contributed by atoms with Crippen molar-refractivity contribution in [1.29, 1.82) is 0 Å². The van der Waals surface area contributed by atoms with Crippen LogP contribution in [0.5, 0.6) is 0 Å². The van der Waals surface area contributed by atoms with Crippen LogP contribution in [0.25, 0.3) is 10.2 Å². The third-order valence-electron chi connectivity index (χ3n) is 2.75. The lowest BCUT2D eigenvalue weighted by Gasteiger charge is -2.03. The van der Waals surface area contributed by atoms with Crippen LogP contribution in [-0.4, -0.2) is 10.9 Å². The lowest BCUT2D eigenvalue weighted by atomic mass is 10.2. The lowest BCUT2D eigenvalue weighted by molar-refractivity contribution is 0.100. The average Bonchev–Trinajstić information content (AvgIpc) is 2.80. The number of nitrogens with one attached hydrogen (secondary N) is 1. The molecule has 0 atom stereocenters. The van der Waals surface area contributed by atoms with Gasteiger partial charge in [-0.05, 0) is 36.4 Å². The molecule has 0 spiro atoms. The van der Waals surface area contributed by atoms with Crippen molar-refractivity contribution in [2.75, 3.05) is 5.32 Å². The molecule has 0 saturated carbocycles. The molecule has 0 bridgehead atoms. The number of rotatable bonds is 3. The highest BCUT2D eigenvalue weighted by Gasteiger charge is 2.06. The molecule has 4 nitrogen and oxygen atoms in total. The van der Waals surface area contributed by atoms with Crippen LogP contribution in [0.1, 0.15) is 10.4 Å². The summed E-state index contributed by atoms with van der Waals surface area (Å²) in [6, 6.07) is 11.3. The van der Waals surface area contributed by atoms with Gasteiger partial charge in [-0.1, -0.05) is 17.4 Å². The lowest BCUT2D eigenvalue weighted by Crippen LogP contribution is -2.10. The molecular weight excluding hydrogens is 277 g/mol. The monoisotopic (exact) mass is 287 g/mol. The summed E-state index contributed by atoms with van der Waals surface area (Å²) < 4.78 is 13.9. The van der Waals surface area contributed by atoms with E-state index in [1.807, 2.05) is 0 Å². The fourth-order valence-electron chi connectivity index (χ4n) is 1.83. The quantitative estimate of drug-likeness (QED) is 0.776. The zero-order chi connectivity index (χ0) is 14.1. The summed E-state index contributed by atoms with van der Waals surface area (Å²) in [5.74, 6) is -0.775. The third-order valence-corrected chi connectivity index (χ3v) is 3.68. The number of thiazole rings is 1. The fraction of sp³-hybridized carbons (Fsp3) is 0. The highest BCUT2D eigenvalue weighted by atomic mass is 32.1. The number of anilines is 2. The Kier molecular flexibility index (Phi) is 3.08. The minimum atomic E-state index is -0.486. The Hall–Kier alpha value is -2.47. The highest BCUT2D eigenvalue weighted by molar-refractivity contribution is 7.22. The standard InChI is InChI=1S/C14H10FN3OS/c15-9-4-5-11-12(7-9)20-14(18-11)17-10-3-1-2-8(6-10)13(16)19/h1-7H,(H2,16,19)(H,17,18). The van der Waals surface area contributed by atoms with Crippen molar-refractivity contribution in [2.24, 2.45) is 5.73 Å². The predicted octanol–water partition coefficient (Wildman–Crippen LogP) is 3.28. The Labute approximate surface area is 118 Å². The van der Waals surface area contributed by atoms with Gasteiger partial charge in [0.15, 0.2) is 5.13 Å². The number of halogens is 1. The van der Waals surface area contributed by atoms with Crippen molar-refractivity contribution in [3.8, 4) is 0 Å². The maximum Gasteiger partial charge on any atom is 0.248 e. The van der Waals surface area contributed by atoms with Crippen molar-refractivity contribution in [3.63, 3.8) is 0 Å². The molecule has 0 radical (unpaired) electrons. The van der Waals surface area contributed by atoms with Crippen LogP contribution in [-0.2, 0) is 0 Å². The first-order chi connectivity index (χ1) is 9.61. The Morgan fingerprint density at radius 2 is 2.10 bits per heavy atom. The molecule has 3 aromatic rings. The number of hydrogen-bond acceptors (Lipinski definition) is 4. The van der Waals surface area contributed by atoms with E-state index in [1.54, 1.807) is 30.3 Å². The van der Waals surface area contributed by atoms with Gasteiger partial charge in [0.2, 0.25) is 5.91 Å². The number of aromatic nitrogens is 1. The van der Waals surface area contributed by atoms with E-state index in [-0.39, 0.29) is 5.82 Å². The molecule has 1 heterocycles. The molecule has 100 valence electrons. The van der Waals surface area contributed by atoms with Crippen molar-refractivity contribution in [1.82, 2.24) is 4.98 Å². The van der Waals surface area contributed by atoms with Gasteiger partial charge in [-0.25, -0.2) is 9.37 Å². The second kappa shape index (κ2) is 4.90. The van der Waals surface area contributed by atoms with Gasteiger partial charge in [-0.3, -0.25) is 4.79 Å². The molecular formula is C14H10FN3OS. The molecule has 0 saturated heterocycles. The Morgan fingerprint density at radius 3 is 2.90 bits per heavy atom. The van der Waals surface area contributed by atoms with Gasteiger partial charge in [0.25, 0.3) is 0 Å². The minimum absolute atomic E-state index is 0.288. The Bertz CT molecular complexity index is 800. The number of primary amides is 1. The number of nitrogens with two attached hydrogens (primary N) is 1. The van der Waals surface area contributed by atoms with Crippen molar-refractivity contribution < 1.29 is 9.18 Å². The highest BCUT2D eigenvalue weighted by Crippen LogP contribution is 2.28. The smallest absolute Gasteiger partial charge is 0.248 e. The van der Waals surface area contributed by atoms with E-state index in [0.29, 0.717) is 16.4 Å². The first-order valence-electron chi connectivity index (χ1n) is 5.85. The molecule has 1 amide bonds. The van der Waals surface area contributed by atoms with E-state index in [9.17, 15) is 9.18 Å². The average molecular weight is 287 g/mol. The van der Waals surface area contributed by atoms with Gasteiger partial charge in [0.1, 0.15) is 5.82 Å². The second-order valence-corrected chi connectivity index (χ2v) is 5.23. The number of benzene rings is 2. The Balaban J connectivity index is 1.92. The molecule has 6 heteroatoms. The zero-order valence-corrected chi connectivity index (χ0v) is 11.1. The molecule has 0 aliphatic rings. The summed E-state index contributed by atoms with van der Waals surface area (Å²) in [5.41, 5.74) is 7.09. The van der Waals surface area contributed by atoms with Gasteiger partial charge in [0.05, 0.1) is 10.2 Å². The predicted molar refractivity (Wildman–Crippen MR) is 77.8 cm³/mol. The molecule has 1 aromatic heterocycles. The van der Waals surface area contributed by atoms with Gasteiger partial charge < -0.3 is 11.1 Å². The number of nitrogens with zero attached hydrogens (tertiary/aromatic N) is 1. The van der Waals surface area contributed by atoms with Crippen LogP contribution >= 0.6 is 11.3 Å². The van der Waals surface area contributed by atoms with Crippen LogP contribution in [0.2, 0.25) is 0 Å². The third kappa shape index (κ3) is 2.46. The summed E-state index contributed by atoms with van der Waals surface area (Å²) in [5, 5.41) is 3.72. The largest absolute Gasteiger partial charge is 0.366 e. The SMILES string of the molecule is NC(=O)c1cccc(Nc2nc3ccc(F)cc3s2)c1. The van der Waals surface area contributed by atoms with Crippen LogP contribution in [0.3, 0.4) is 0 Å². The van der Waals surface area contributed by atoms with E-state index in [4.69, 9.17) is 5.73 Å². The van der Waals surface area contributed by atoms with Crippen LogP contribution < -0.4 is 11.1 Å². The number of carbonyl (C=O) groups excluding carboxylic acids is 1. The van der Waals surface area contributed by atoms with Crippen molar-refractivity contribution >= 4 is 38.3 Å². The molecule has 0 unspecified atom stereocenters. The summed E-state index contributed by atoms with van der Waals surface area (Å²) in [6.07, 6.45) is 0. The Morgan fingerprint density at radius 1 is 1.25 bits per heavy atom. The van der Waals surface area contributed by atoms with E-state index in [0.717, 1.165) is 10.2 Å². The van der Waals surface area contributed by atoms with E-state index in [1.165, 1.54) is 23.5 Å². The minimum Gasteiger partial charge on any atom is -0.366 e. The fourth-order valence-corrected chi connectivity index (χ4v) is 2.74. The number of hydrogen-bond donors (Lipinski definition) is 2. The zero-order valence-electron chi connectivity index (χ0n) is 10.3. The van der Waals surface area contributed by atoms with Crippen LogP contribution in [0, 0.1) is 5.82 Å². The van der Waals surface area contributed by atoms with Gasteiger partial charge >= 0.3 is 0 Å². The molecule has 3 N–H and O–H groups in total. The normalized spacial score (nSPS) is 10.7. The summed E-state index contributed by atoms with van der Waals surface area (Å²) in [4.78, 5) is 15.5. The topological polar surface area (TPSA) is 68.0 Å². The summed E-state index contributed by atoms with van der Waals surface area (Å²) in [7, 11) is 0.